The van der Waals surface area contributed by atoms with E-state index in [0.717, 1.165) is 0 Å². The Morgan fingerprint density at radius 1 is 1.05 bits per heavy atom. The summed E-state index contributed by atoms with van der Waals surface area (Å²) in [5.41, 5.74) is 7.07. The fourth-order valence-electron chi connectivity index (χ4n) is 1.63. The van der Waals surface area contributed by atoms with Crippen molar-refractivity contribution in [1.29, 1.82) is 0 Å². The summed E-state index contributed by atoms with van der Waals surface area (Å²) in [4.78, 5) is 0. The zero-order valence-corrected chi connectivity index (χ0v) is 10.3. The van der Waals surface area contributed by atoms with Crippen molar-refractivity contribution in [3.05, 3.63) is 47.5 Å². The average molecular weight is 288 g/mol. The maximum absolute atomic E-state index is 12.2. The van der Waals surface area contributed by atoms with Gasteiger partial charge in [0.2, 0.25) is 0 Å². The number of nitrogens with two attached hydrogens (primary N) is 1. The first-order valence-electron chi connectivity index (χ1n) is 5.27. The highest BCUT2D eigenvalue weighted by atomic mass is 35.5. The van der Waals surface area contributed by atoms with Crippen molar-refractivity contribution in [1.82, 2.24) is 0 Å². The molecule has 2 N–H and O–H groups in total. The molecule has 0 radical (unpaired) electrons. The quantitative estimate of drug-likeness (QED) is 0.826. The standard InChI is InChI=1S/C13H9ClF3NO/c14-12-10(5-2-6-11(12)18)8-3-1-4-9(7-8)19-13(15,16)17/h1-7H,18H2. The zero-order valence-electron chi connectivity index (χ0n) is 9.54. The van der Waals surface area contributed by atoms with Gasteiger partial charge in [-0.3, -0.25) is 0 Å². The van der Waals surface area contributed by atoms with E-state index in [0.29, 0.717) is 21.8 Å². The first-order valence-corrected chi connectivity index (χ1v) is 5.65. The molecule has 2 aromatic rings. The molecular formula is C13H9ClF3NO. The Morgan fingerprint density at radius 3 is 2.42 bits per heavy atom. The topological polar surface area (TPSA) is 35.2 Å². The van der Waals surface area contributed by atoms with Crippen LogP contribution in [-0.4, -0.2) is 6.36 Å². The molecule has 100 valence electrons. The number of nitrogen functional groups attached to an aromatic ring is 1. The second-order valence-corrected chi connectivity index (χ2v) is 4.16. The van der Waals surface area contributed by atoms with Crippen molar-refractivity contribution in [2.75, 3.05) is 5.73 Å². The van der Waals surface area contributed by atoms with Gasteiger partial charge >= 0.3 is 6.36 Å². The SMILES string of the molecule is Nc1cccc(-c2cccc(OC(F)(F)F)c2)c1Cl. The van der Waals surface area contributed by atoms with Crippen LogP contribution in [0.4, 0.5) is 18.9 Å². The van der Waals surface area contributed by atoms with Crippen LogP contribution >= 0.6 is 11.6 Å². The van der Waals surface area contributed by atoms with Gasteiger partial charge in [0.1, 0.15) is 5.75 Å². The molecule has 0 atom stereocenters. The van der Waals surface area contributed by atoms with Crippen LogP contribution < -0.4 is 10.5 Å². The highest BCUT2D eigenvalue weighted by molar-refractivity contribution is 6.35. The highest BCUT2D eigenvalue weighted by Gasteiger charge is 2.31. The van der Waals surface area contributed by atoms with Gasteiger partial charge in [-0.1, -0.05) is 35.9 Å². The summed E-state index contributed by atoms with van der Waals surface area (Å²) < 4.78 is 40.3. The van der Waals surface area contributed by atoms with Gasteiger partial charge in [-0.2, -0.15) is 0 Å². The summed E-state index contributed by atoms with van der Waals surface area (Å²) in [6.07, 6.45) is -4.72. The zero-order chi connectivity index (χ0) is 14.0. The Morgan fingerprint density at radius 2 is 1.74 bits per heavy atom. The summed E-state index contributed by atoms with van der Waals surface area (Å²) in [5, 5.41) is 0.298. The van der Waals surface area contributed by atoms with E-state index in [2.05, 4.69) is 4.74 Å². The van der Waals surface area contributed by atoms with Gasteiger partial charge < -0.3 is 10.5 Å². The minimum atomic E-state index is -4.72. The van der Waals surface area contributed by atoms with E-state index >= 15 is 0 Å². The number of hydrogen-bond donors (Lipinski definition) is 1. The molecular weight excluding hydrogens is 279 g/mol. The van der Waals surface area contributed by atoms with Crippen LogP contribution in [0.3, 0.4) is 0 Å². The highest BCUT2D eigenvalue weighted by Crippen LogP contribution is 2.34. The van der Waals surface area contributed by atoms with E-state index < -0.39 is 6.36 Å². The van der Waals surface area contributed by atoms with Crippen LogP contribution in [0, 0.1) is 0 Å². The van der Waals surface area contributed by atoms with Gasteiger partial charge in [0.15, 0.2) is 0 Å². The minimum Gasteiger partial charge on any atom is -0.406 e. The van der Waals surface area contributed by atoms with E-state index in [-0.39, 0.29) is 5.75 Å². The molecule has 0 aliphatic heterocycles. The van der Waals surface area contributed by atoms with Crippen molar-refractivity contribution < 1.29 is 17.9 Å². The van der Waals surface area contributed by atoms with E-state index in [4.69, 9.17) is 17.3 Å². The molecule has 0 aliphatic carbocycles. The first-order chi connectivity index (χ1) is 8.87. The number of rotatable bonds is 2. The van der Waals surface area contributed by atoms with Crippen LogP contribution in [0.25, 0.3) is 11.1 Å². The van der Waals surface area contributed by atoms with Crippen LogP contribution in [-0.2, 0) is 0 Å². The summed E-state index contributed by atoms with van der Waals surface area (Å²) in [7, 11) is 0. The Kier molecular flexibility index (Phi) is 3.57. The Hall–Kier alpha value is -1.88. The lowest BCUT2D eigenvalue weighted by atomic mass is 10.0. The Balaban J connectivity index is 2.41. The molecule has 0 bridgehead atoms. The molecule has 0 unspecified atom stereocenters. The number of benzene rings is 2. The van der Waals surface area contributed by atoms with Gasteiger partial charge in [0.25, 0.3) is 0 Å². The van der Waals surface area contributed by atoms with E-state index in [9.17, 15) is 13.2 Å². The lowest BCUT2D eigenvalue weighted by Gasteiger charge is -2.11. The molecule has 19 heavy (non-hydrogen) atoms. The van der Waals surface area contributed by atoms with Gasteiger partial charge in [0.05, 0.1) is 10.7 Å². The molecule has 0 fully saturated rings. The second kappa shape index (κ2) is 5.01. The van der Waals surface area contributed by atoms with Crippen LogP contribution in [0.1, 0.15) is 0 Å². The lowest BCUT2D eigenvalue weighted by Crippen LogP contribution is -2.17. The smallest absolute Gasteiger partial charge is 0.406 e. The first kappa shape index (κ1) is 13.5. The molecule has 2 rings (SSSR count). The molecule has 0 spiro atoms. The third-order valence-corrected chi connectivity index (χ3v) is 2.83. The molecule has 0 saturated carbocycles. The summed E-state index contributed by atoms with van der Waals surface area (Å²) in [5.74, 6) is -0.302. The molecule has 0 heterocycles. The molecule has 6 heteroatoms. The van der Waals surface area contributed by atoms with Gasteiger partial charge in [-0.15, -0.1) is 13.2 Å². The third kappa shape index (κ3) is 3.32. The fraction of sp³-hybridized carbons (Fsp3) is 0.0769. The summed E-state index contributed by atoms with van der Waals surface area (Å²) >= 11 is 6.03. The lowest BCUT2D eigenvalue weighted by molar-refractivity contribution is -0.274. The number of hydrogen-bond acceptors (Lipinski definition) is 2. The normalized spacial score (nSPS) is 11.4. The fourth-order valence-corrected chi connectivity index (χ4v) is 1.87. The number of alkyl halides is 3. The second-order valence-electron chi connectivity index (χ2n) is 3.78. The van der Waals surface area contributed by atoms with Crippen molar-refractivity contribution in [3.63, 3.8) is 0 Å². The van der Waals surface area contributed by atoms with Gasteiger partial charge in [-0.05, 0) is 23.8 Å². The maximum Gasteiger partial charge on any atom is 0.573 e. The molecule has 0 aromatic heterocycles. The Bertz CT molecular complexity index is 599. The van der Waals surface area contributed by atoms with Crippen molar-refractivity contribution in [3.8, 4) is 16.9 Å². The van der Waals surface area contributed by atoms with E-state index in [1.54, 1.807) is 24.3 Å². The van der Waals surface area contributed by atoms with Gasteiger partial charge in [0, 0.05) is 5.56 Å². The van der Waals surface area contributed by atoms with Crippen molar-refractivity contribution >= 4 is 17.3 Å². The largest absolute Gasteiger partial charge is 0.573 e. The Labute approximate surface area is 112 Å². The monoisotopic (exact) mass is 287 g/mol. The molecule has 0 amide bonds. The molecule has 2 nitrogen and oxygen atoms in total. The van der Waals surface area contributed by atoms with E-state index in [1.165, 1.54) is 18.2 Å². The number of halogens is 4. The predicted molar refractivity (Wildman–Crippen MR) is 68.0 cm³/mol. The average Bonchev–Trinajstić information content (AvgIpc) is 2.31. The summed E-state index contributed by atoms with van der Waals surface area (Å²) in [6.45, 7) is 0. The minimum absolute atomic E-state index is 0.298. The van der Waals surface area contributed by atoms with Crippen LogP contribution in [0.2, 0.25) is 5.02 Å². The summed E-state index contributed by atoms with van der Waals surface area (Å²) in [6, 6.07) is 10.5. The maximum atomic E-state index is 12.2. The van der Waals surface area contributed by atoms with Crippen molar-refractivity contribution in [2.24, 2.45) is 0 Å². The molecule has 0 saturated heterocycles. The predicted octanol–water partition coefficient (Wildman–Crippen LogP) is 4.49. The van der Waals surface area contributed by atoms with Crippen molar-refractivity contribution in [2.45, 2.75) is 6.36 Å². The third-order valence-electron chi connectivity index (χ3n) is 2.41. The molecule has 2 aromatic carbocycles. The van der Waals surface area contributed by atoms with Crippen LogP contribution in [0.15, 0.2) is 42.5 Å². The number of ether oxygens (including phenoxy) is 1. The molecule has 0 aliphatic rings. The van der Waals surface area contributed by atoms with Crippen LogP contribution in [0.5, 0.6) is 5.75 Å². The number of anilines is 1. The van der Waals surface area contributed by atoms with E-state index in [1.807, 2.05) is 0 Å². The van der Waals surface area contributed by atoms with Gasteiger partial charge in [-0.25, -0.2) is 0 Å².